The molecule has 0 fully saturated rings. The summed E-state index contributed by atoms with van der Waals surface area (Å²) in [6, 6.07) is 15.6. The molecule has 3 aromatic carbocycles. The first-order valence-electron chi connectivity index (χ1n) is 8.65. The van der Waals surface area contributed by atoms with Gasteiger partial charge in [0.1, 0.15) is 5.58 Å². The highest BCUT2D eigenvalue weighted by atomic mass is 19.1. The first-order valence-corrected chi connectivity index (χ1v) is 8.65. The molecule has 1 unspecified atom stereocenters. The minimum atomic E-state index is -0.714. The van der Waals surface area contributed by atoms with Crippen molar-refractivity contribution in [1.29, 1.82) is 0 Å². The van der Waals surface area contributed by atoms with Crippen molar-refractivity contribution in [2.45, 2.75) is 26.2 Å². The molecule has 0 saturated heterocycles. The van der Waals surface area contributed by atoms with Crippen LogP contribution in [0.2, 0.25) is 0 Å². The minimum Gasteiger partial charge on any atom is -0.452 e. The zero-order valence-electron chi connectivity index (χ0n) is 14.6. The first kappa shape index (κ1) is 16.6. The van der Waals surface area contributed by atoms with Gasteiger partial charge >= 0.3 is 0 Å². The molecule has 0 aliphatic rings. The van der Waals surface area contributed by atoms with E-state index in [1.54, 1.807) is 12.1 Å². The first-order chi connectivity index (χ1) is 12.6. The Morgan fingerprint density at radius 2 is 1.65 bits per heavy atom. The Bertz CT molecular complexity index is 1070. The van der Waals surface area contributed by atoms with Crippen LogP contribution in [0.4, 0.5) is 8.78 Å². The maximum atomic E-state index is 14.5. The summed E-state index contributed by atoms with van der Waals surface area (Å²) in [5, 5.41) is 1.77. The molecular weight excluding hydrogens is 334 g/mol. The number of para-hydroxylation sites is 2. The van der Waals surface area contributed by atoms with Crippen LogP contribution in [0, 0.1) is 11.6 Å². The van der Waals surface area contributed by atoms with Gasteiger partial charge in [0, 0.05) is 10.8 Å². The molecule has 4 heteroatoms. The van der Waals surface area contributed by atoms with Gasteiger partial charge in [-0.2, -0.15) is 0 Å². The van der Waals surface area contributed by atoms with Crippen molar-refractivity contribution in [1.82, 2.24) is 0 Å². The largest absolute Gasteiger partial charge is 0.452 e. The van der Waals surface area contributed by atoms with Crippen LogP contribution in [-0.2, 0) is 0 Å². The molecule has 0 radical (unpaired) electrons. The number of fused-ring (bicyclic) bond motifs is 3. The summed E-state index contributed by atoms with van der Waals surface area (Å²) in [4.78, 5) is 0. The Balaban J connectivity index is 1.81. The zero-order chi connectivity index (χ0) is 18.3. The van der Waals surface area contributed by atoms with Crippen molar-refractivity contribution in [2.24, 2.45) is 0 Å². The fourth-order valence-corrected chi connectivity index (χ4v) is 3.11. The number of ether oxygens (including phenoxy) is 1. The average Bonchev–Trinajstić information content (AvgIpc) is 3.03. The number of hydrogen-bond acceptors (Lipinski definition) is 2. The van der Waals surface area contributed by atoms with Crippen LogP contribution in [0.15, 0.2) is 59.0 Å². The molecule has 0 amide bonds. The highest BCUT2D eigenvalue weighted by Gasteiger charge is 2.18. The van der Waals surface area contributed by atoms with Gasteiger partial charge in [-0.3, -0.25) is 0 Å². The van der Waals surface area contributed by atoms with Crippen LogP contribution >= 0.6 is 0 Å². The predicted octanol–water partition coefficient (Wildman–Crippen LogP) is 7.17. The highest BCUT2D eigenvalue weighted by molar-refractivity contribution is 6.06. The van der Waals surface area contributed by atoms with Gasteiger partial charge in [0.2, 0.25) is 0 Å². The van der Waals surface area contributed by atoms with Crippen LogP contribution in [0.25, 0.3) is 21.9 Å². The Labute approximate surface area is 150 Å². The Hall–Kier alpha value is -2.88. The maximum absolute atomic E-state index is 14.5. The van der Waals surface area contributed by atoms with E-state index in [0.29, 0.717) is 16.7 Å². The van der Waals surface area contributed by atoms with E-state index in [2.05, 4.69) is 0 Å². The molecule has 132 valence electrons. The van der Waals surface area contributed by atoms with Gasteiger partial charge in [0.25, 0.3) is 0 Å². The number of halogens is 2. The molecule has 0 aliphatic carbocycles. The van der Waals surface area contributed by atoms with E-state index in [4.69, 9.17) is 9.15 Å². The van der Waals surface area contributed by atoms with E-state index in [1.165, 1.54) is 12.1 Å². The lowest BCUT2D eigenvalue weighted by molar-refractivity contribution is 0.404. The SMILES string of the molecule is CCC(C)c1cc(F)c(Oc2cccc3c2oc2ccccc23)c(F)c1. The molecular formula is C22H18F2O2. The van der Waals surface area contributed by atoms with E-state index in [1.807, 2.05) is 44.2 Å². The minimum absolute atomic E-state index is 0.0758. The fraction of sp³-hybridized carbons (Fsp3) is 0.182. The van der Waals surface area contributed by atoms with Crippen molar-refractivity contribution < 1.29 is 17.9 Å². The van der Waals surface area contributed by atoms with Crippen molar-refractivity contribution in [3.05, 3.63) is 71.8 Å². The molecule has 2 nitrogen and oxygen atoms in total. The molecule has 0 N–H and O–H groups in total. The summed E-state index contributed by atoms with van der Waals surface area (Å²) in [5.41, 5.74) is 1.79. The van der Waals surface area contributed by atoms with E-state index in [0.717, 1.165) is 17.2 Å². The van der Waals surface area contributed by atoms with Crippen molar-refractivity contribution in [3.8, 4) is 11.5 Å². The quantitative estimate of drug-likeness (QED) is 0.388. The summed E-state index contributed by atoms with van der Waals surface area (Å²) >= 11 is 0. The Morgan fingerprint density at radius 3 is 2.38 bits per heavy atom. The van der Waals surface area contributed by atoms with Crippen LogP contribution in [-0.4, -0.2) is 0 Å². The van der Waals surface area contributed by atoms with Gasteiger partial charge in [0.05, 0.1) is 0 Å². The van der Waals surface area contributed by atoms with Gasteiger partial charge in [-0.1, -0.05) is 44.2 Å². The lowest BCUT2D eigenvalue weighted by Crippen LogP contribution is -1.98. The van der Waals surface area contributed by atoms with E-state index in [-0.39, 0.29) is 11.7 Å². The van der Waals surface area contributed by atoms with Gasteiger partial charge in [0.15, 0.2) is 28.7 Å². The van der Waals surface area contributed by atoms with Crippen molar-refractivity contribution in [2.75, 3.05) is 0 Å². The van der Waals surface area contributed by atoms with Crippen LogP contribution in [0.1, 0.15) is 31.7 Å². The summed E-state index contributed by atoms with van der Waals surface area (Å²) in [7, 11) is 0. The number of hydrogen-bond donors (Lipinski definition) is 0. The molecule has 0 bridgehead atoms. The fourth-order valence-electron chi connectivity index (χ4n) is 3.11. The Morgan fingerprint density at radius 1 is 0.962 bits per heavy atom. The van der Waals surface area contributed by atoms with Crippen LogP contribution in [0.5, 0.6) is 11.5 Å². The van der Waals surface area contributed by atoms with E-state index in [9.17, 15) is 8.78 Å². The molecule has 1 atom stereocenters. The lowest BCUT2D eigenvalue weighted by atomic mass is 9.98. The van der Waals surface area contributed by atoms with Gasteiger partial charge < -0.3 is 9.15 Å². The summed E-state index contributed by atoms with van der Waals surface area (Å²) in [5.74, 6) is -1.48. The zero-order valence-corrected chi connectivity index (χ0v) is 14.6. The second-order valence-corrected chi connectivity index (χ2v) is 6.46. The average molecular weight is 352 g/mol. The van der Waals surface area contributed by atoms with Gasteiger partial charge in [-0.05, 0) is 42.2 Å². The number of benzene rings is 3. The topological polar surface area (TPSA) is 22.4 Å². The van der Waals surface area contributed by atoms with Crippen LogP contribution < -0.4 is 4.74 Å². The summed E-state index contributed by atoms with van der Waals surface area (Å²) in [6.45, 7) is 3.91. The monoisotopic (exact) mass is 352 g/mol. The molecule has 4 rings (SSSR count). The molecule has 26 heavy (non-hydrogen) atoms. The highest BCUT2D eigenvalue weighted by Crippen LogP contribution is 2.38. The summed E-state index contributed by atoms with van der Waals surface area (Å²) < 4.78 is 40.5. The second kappa shape index (κ2) is 6.45. The van der Waals surface area contributed by atoms with E-state index < -0.39 is 17.4 Å². The number of furan rings is 1. The Kier molecular flexibility index (Phi) is 4.11. The van der Waals surface area contributed by atoms with Gasteiger partial charge in [-0.25, -0.2) is 8.78 Å². The molecule has 1 heterocycles. The lowest BCUT2D eigenvalue weighted by Gasteiger charge is -2.13. The maximum Gasteiger partial charge on any atom is 0.198 e. The molecule has 0 aliphatic heterocycles. The normalized spacial score (nSPS) is 12.6. The van der Waals surface area contributed by atoms with Crippen LogP contribution in [0.3, 0.4) is 0 Å². The van der Waals surface area contributed by atoms with Gasteiger partial charge in [-0.15, -0.1) is 0 Å². The third kappa shape index (κ3) is 2.71. The van der Waals surface area contributed by atoms with E-state index >= 15 is 0 Å². The standard InChI is InChI=1S/C22H18F2O2/c1-3-13(2)14-11-17(23)22(18(24)12-14)26-20-10-6-8-16-15-7-4-5-9-19(15)25-21(16)20/h4-13H,3H2,1-2H3. The molecule has 4 aromatic rings. The molecule has 1 aromatic heterocycles. The summed E-state index contributed by atoms with van der Waals surface area (Å²) in [6.07, 6.45) is 0.803. The third-order valence-corrected chi connectivity index (χ3v) is 4.78. The smallest absolute Gasteiger partial charge is 0.198 e. The molecule has 0 spiro atoms. The molecule has 0 saturated carbocycles. The number of rotatable bonds is 4. The third-order valence-electron chi connectivity index (χ3n) is 4.78. The van der Waals surface area contributed by atoms with Crippen molar-refractivity contribution >= 4 is 21.9 Å². The van der Waals surface area contributed by atoms with Crippen molar-refractivity contribution in [3.63, 3.8) is 0 Å². The predicted molar refractivity (Wildman–Crippen MR) is 98.9 cm³/mol. The second-order valence-electron chi connectivity index (χ2n) is 6.46.